The predicted molar refractivity (Wildman–Crippen MR) is 67.2 cm³/mol. The summed E-state index contributed by atoms with van der Waals surface area (Å²) in [6.45, 7) is 0. The molecule has 0 saturated heterocycles. The molecule has 0 atom stereocenters. The molecule has 0 bridgehead atoms. The van der Waals surface area contributed by atoms with Crippen LogP contribution in [0.1, 0.15) is 10.4 Å². The molecule has 2 rings (SSSR count). The third kappa shape index (κ3) is 2.98. The summed E-state index contributed by atoms with van der Waals surface area (Å²) in [5.41, 5.74) is -0.544. The highest BCUT2D eigenvalue weighted by Gasteiger charge is 2.19. The average Bonchev–Trinajstić information content (AvgIpc) is 2.38. The van der Waals surface area contributed by atoms with Crippen LogP contribution in [-0.4, -0.2) is 26.0 Å². The van der Waals surface area contributed by atoms with Gasteiger partial charge in [0.1, 0.15) is 0 Å². The van der Waals surface area contributed by atoms with Crippen LogP contribution in [0.3, 0.4) is 0 Å². The highest BCUT2D eigenvalue weighted by Crippen LogP contribution is 2.31. The van der Waals surface area contributed by atoms with Crippen LogP contribution in [0.2, 0.25) is 5.15 Å². The summed E-state index contributed by atoms with van der Waals surface area (Å²) in [4.78, 5) is 28.5. The minimum atomic E-state index is -1.23. The number of aromatic carboxylic acids is 1. The van der Waals surface area contributed by atoms with E-state index >= 15 is 0 Å². The van der Waals surface area contributed by atoms with Gasteiger partial charge in [-0.1, -0.05) is 11.6 Å². The molecule has 0 saturated carbocycles. The Bertz CT molecular complexity index is 692. The monoisotopic (exact) mass is 295 g/mol. The molecular formula is C11H6ClN3O5. The summed E-state index contributed by atoms with van der Waals surface area (Å²) in [6.07, 6.45) is 2.46. The second kappa shape index (κ2) is 5.49. The summed E-state index contributed by atoms with van der Waals surface area (Å²) in [7, 11) is 0. The SMILES string of the molecule is O=C(O)c1ccc([N+](=O)[O-])c(Oc2cncc(Cl)n2)c1. The number of carboxylic acids is 1. The van der Waals surface area contributed by atoms with Crippen molar-refractivity contribution in [1.29, 1.82) is 0 Å². The molecule has 1 aromatic carbocycles. The first kappa shape index (κ1) is 13.7. The van der Waals surface area contributed by atoms with Crippen molar-refractivity contribution in [2.24, 2.45) is 0 Å². The van der Waals surface area contributed by atoms with E-state index < -0.39 is 16.6 Å². The first-order valence-corrected chi connectivity index (χ1v) is 5.52. The molecule has 0 fully saturated rings. The zero-order valence-corrected chi connectivity index (χ0v) is 10.4. The quantitative estimate of drug-likeness (QED) is 0.680. The summed E-state index contributed by atoms with van der Waals surface area (Å²) < 4.78 is 5.18. The fourth-order valence-corrected chi connectivity index (χ4v) is 1.51. The Morgan fingerprint density at radius 3 is 2.75 bits per heavy atom. The van der Waals surface area contributed by atoms with Crippen molar-refractivity contribution in [3.63, 3.8) is 0 Å². The van der Waals surface area contributed by atoms with Gasteiger partial charge in [-0.2, -0.15) is 4.98 Å². The molecule has 0 unspecified atom stereocenters. The molecule has 0 amide bonds. The standard InChI is InChI=1S/C11H6ClN3O5/c12-9-4-13-5-10(14-9)20-8-3-6(11(16)17)1-2-7(8)15(18)19/h1-5H,(H,16,17). The van der Waals surface area contributed by atoms with Gasteiger partial charge in [-0.3, -0.25) is 15.1 Å². The Morgan fingerprint density at radius 1 is 1.40 bits per heavy atom. The second-order valence-corrected chi connectivity index (χ2v) is 3.91. The van der Waals surface area contributed by atoms with Gasteiger partial charge in [0.15, 0.2) is 5.15 Å². The van der Waals surface area contributed by atoms with Crippen molar-refractivity contribution in [3.05, 3.63) is 51.4 Å². The molecule has 0 radical (unpaired) electrons. The number of nitrogens with zero attached hydrogens (tertiary/aromatic N) is 3. The van der Waals surface area contributed by atoms with Gasteiger partial charge in [-0.05, 0) is 6.07 Å². The lowest BCUT2D eigenvalue weighted by Crippen LogP contribution is -2.00. The molecule has 102 valence electrons. The topological polar surface area (TPSA) is 115 Å². The van der Waals surface area contributed by atoms with E-state index in [2.05, 4.69) is 9.97 Å². The largest absolute Gasteiger partial charge is 0.478 e. The summed E-state index contributed by atoms with van der Waals surface area (Å²) in [6, 6.07) is 3.18. The van der Waals surface area contributed by atoms with Gasteiger partial charge in [0.25, 0.3) is 0 Å². The van der Waals surface area contributed by atoms with Gasteiger partial charge < -0.3 is 9.84 Å². The van der Waals surface area contributed by atoms with Gasteiger partial charge in [0, 0.05) is 12.1 Å². The third-order valence-corrected chi connectivity index (χ3v) is 2.38. The highest BCUT2D eigenvalue weighted by atomic mass is 35.5. The van der Waals surface area contributed by atoms with Crippen LogP contribution in [0, 0.1) is 10.1 Å². The molecular weight excluding hydrogens is 290 g/mol. The lowest BCUT2D eigenvalue weighted by atomic mass is 10.2. The maximum atomic E-state index is 10.9. The van der Waals surface area contributed by atoms with Gasteiger partial charge in [0.05, 0.1) is 22.9 Å². The lowest BCUT2D eigenvalue weighted by molar-refractivity contribution is -0.385. The normalized spacial score (nSPS) is 10.1. The number of carboxylic acid groups (broad SMARTS) is 1. The van der Waals surface area contributed by atoms with E-state index in [-0.39, 0.29) is 22.3 Å². The smallest absolute Gasteiger partial charge is 0.335 e. The maximum absolute atomic E-state index is 10.9. The molecule has 1 N–H and O–H groups in total. The van der Waals surface area contributed by atoms with Crippen molar-refractivity contribution < 1.29 is 19.6 Å². The lowest BCUT2D eigenvalue weighted by Gasteiger charge is -2.06. The predicted octanol–water partition coefficient (Wildman–Crippen LogP) is 2.53. The molecule has 0 aliphatic rings. The first-order chi connectivity index (χ1) is 9.47. The maximum Gasteiger partial charge on any atom is 0.335 e. The number of hydrogen-bond donors (Lipinski definition) is 1. The van der Waals surface area contributed by atoms with Crippen LogP contribution in [0.15, 0.2) is 30.6 Å². The molecule has 0 spiro atoms. The molecule has 0 aliphatic heterocycles. The molecule has 0 aliphatic carbocycles. The molecule has 9 heteroatoms. The van der Waals surface area contributed by atoms with E-state index in [4.69, 9.17) is 21.4 Å². The van der Waals surface area contributed by atoms with Gasteiger partial charge >= 0.3 is 11.7 Å². The minimum absolute atomic E-state index is 0.0412. The van der Waals surface area contributed by atoms with Crippen molar-refractivity contribution >= 4 is 23.3 Å². The number of benzene rings is 1. The number of nitro groups is 1. The Morgan fingerprint density at radius 2 is 2.15 bits per heavy atom. The fraction of sp³-hybridized carbons (Fsp3) is 0. The van der Waals surface area contributed by atoms with Crippen molar-refractivity contribution in [3.8, 4) is 11.6 Å². The number of ether oxygens (including phenoxy) is 1. The van der Waals surface area contributed by atoms with Gasteiger partial charge in [-0.15, -0.1) is 0 Å². The summed E-state index contributed by atoms with van der Waals surface area (Å²) in [5.74, 6) is -1.57. The fourth-order valence-electron chi connectivity index (χ4n) is 1.37. The van der Waals surface area contributed by atoms with E-state index in [0.29, 0.717) is 0 Å². The number of halogens is 1. The van der Waals surface area contributed by atoms with E-state index in [1.54, 1.807) is 0 Å². The minimum Gasteiger partial charge on any atom is -0.478 e. The van der Waals surface area contributed by atoms with E-state index in [1.807, 2.05) is 0 Å². The number of nitro benzene ring substituents is 1. The van der Waals surface area contributed by atoms with Crippen molar-refractivity contribution in [1.82, 2.24) is 9.97 Å². The Labute approximate surface area is 116 Å². The van der Waals surface area contributed by atoms with Crippen molar-refractivity contribution in [2.45, 2.75) is 0 Å². The molecule has 1 heterocycles. The zero-order valence-electron chi connectivity index (χ0n) is 9.69. The number of aromatic nitrogens is 2. The Hall–Kier alpha value is -2.74. The molecule has 20 heavy (non-hydrogen) atoms. The molecule has 8 nitrogen and oxygen atoms in total. The van der Waals surface area contributed by atoms with Crippen LogP contribution in [0.4, 0.5) is 5.69 Å². The molecule has 2 aromatic rings. The average molecular weight is 296 g/mol. The van der Waals surface area contributed by atoms with Crippen molar-refractivity contribution in [2.75, 3.05) is 0 Å². The number of hydrogen-bond acceptors (Lipinski definition) is 6. The van der Waals surface area contributed by atoms with E-state index in [9.17, 15) is 14.9 Å². The van der Waals surface area contributed by atoms with Gasteiger partial charge in [-0.25, -0.2) is 4.79 Å². The zero-order chi connectivity index (χ0) is 14.7. The number of rotatable bonds is 4. The van der Waals surface area contributed by atoms with E-state index in [1.165, 1.54) is 12.4 Å². The van der Waals surface area contributed by atoms with Crippen LogP contribution in [0.25, 0.3) is 0 Å². The van der Waals surface area contributed by atoms with E-state index in [0.717, 1.165) is 18.2 Å². The molecule has 1 aromatic heterocycles. The highest BCUT2D eigenvalue weighted by molar-refractivity contribution is 6.29. The Kier molecular flexibility index (Phi) is 3.76. The summed E-state index contributed by atoms with van der Waals surface area (Å²) >= 11 is 5.61. The van der Waals surface area contributed by atoms with Crippen LogP contribution >= 0.6 is 11.6 Å². The van der Waals surface area contributed by atoms with Gasteiger partial charge in [0.2, 0.25) is 11.6 Å². The van der Waals surface area contributed by atoms with Crippen LogP contribution < -0.4 is 4.74 Å². The van der Waals surface area contributed by atoms with Crippen LogP contribution in [-0.2, 0) is 0 Å². The summed E-state index contributed by atoms with van der Waals surface area (Å²) in [5, 5.41) is 19.8. The Balaban J connectivity index is 2.44. The third-order valence-electron chi connectivity index (χ3n) is 2.20. The first-order valence-electron chi connectivity index (χ1n) is 5.14. The van der Waals surface area contributed by atoms with Crippen LogP contribution in [0.5, 0.6) is 11.6 Å². The number of carbonyl (C=O) groups is 1. The second-order valence-electron chi connectivity index (χ2n) is 3.53.